The van der Waals surface area contributed by atoms with Crippen molar-refractivity contribution >= 4 is 25.6 Å². The van der Waals surface area contributed by atoms with Crippen molar-refractivity contribution in [3.05, 3.63) is 83.0 Å². The van der Waals surface area contributed by atoms with Crippen molar-refractivity contribution in [2.45, 2.75) is 39.0 Å². The van der Waals surface area contributed by atoms with E-state index in [4.69, 9.17) is 9.47 Å². The van der Waals surface area contributed by atoms with Gasteiger partial charge in [-0.15, -0.1) is 5.10 Å². The number of carbonyl (C=O) groups is 2. The van der Waals surface area contributed by atoms with E-state index in [1.807, 2.05) is 36.4 Å². The van der Waals surface area contributed by atoms with Crippen LogP contribution in [0.25, 0.3) is 22.8 Å². The van der Waals surface area contributed by atoms with Crippen molar-refractivity contribution in [2.75, 3.05) is 19.0 Å². The van der Waals surface area contributed by atoms with Gasteiger partial charge >= 0.3 is 5.97 Å². The summed E-state index contributed by atoms with van der Waals surface area (Å²) in [6, 6.07) is 19.3. The zero-order valence-electron chi connectivity index (χ0n) is 23.0. The fraction of sp³-hybridized carbons (Fsp3) is 0.286. The molecular weight excluding hydrogens is 528 g/mol. The van der Waals surface area contributed by atoms with Crippen LogP contribution in [-0.4, -0.2) is 58.0 Å². The summed E-state index contributed by atoms with van der Waals surface area (Å²) < 4.78 is 13.3. The van der Waals surface area contributed by atoms with Gasteiger partial charge in [-0.2, -0.15) is 0 Å². The molecule has 208 valence electrons. The summed E-state index contributed by atoms with van der Waals surface area (Å²) in [5.74, 6) is -0.753. The zero-order chi connectivity index (χ0) is 28.7. The monoisotopic (exact) mass is 560 g/mol. The minimum absolute atomic E-state index is 0.119. The number of nitrogens with one attached hydrogen (secondary N) is 1. The van der Waals surface area contributed by atoms with E-state index >= 15 is 0 Å². The molecule has 0 bridgehead atoms. The molecule has 0 saturated heterocycles. The Labute approximate surface area is 232 Å². The van der Waals surface area contributed by atoms with Crippen LogP contribution in [0.5, 0.6) is 0 Å². The quantitative estimate of drug-likeness (QED) is 0.166. The molecule has 4 rings (SSSR count). The normalized spacial score (nSPS) is 11.3. The third-order valence-corrected chi connectivity index (χ3v) is 7.66. The van der Waals surface area contributed by atoms with Gasteiger partial charge in [0.15, 0.2) is 5.82 Å². The second-order valence-corrected chi connectivity index (χ2v) is 15.9. The summed E-state index contributed by atoms with van der Waals surface area (Å²) in [4.78, 5) is 47.5. The Bertz CT molecular complexity index is 1530. The van der Waals surface area contributed by atoms with Gasteiger partial charge in [0.1, 0.15) is 24.8 Å². The summed E-state index contributed by atoms with van der Waals surface area (Å²) in [6.45, 7) is 7.12. The molecule has 0 atom stereocenters. The van der Waals surface area contributed by atoms with E-state index in [0.29, 0.717) is 18.0 Å². The van der Waals surface area contributed by atoms with Crippen LogP contribution in [0.2, 0.25) is 25.7 Å². The van der Waals surface area contributed by atoms with Crippen LogP contribution in [-0.2, 0) is 27.5 Å². The Kier molecular flexibility index (Phi) is 9.02. The fourth-order valence-electron chi connectivity index (χ4n) is 3.77. The minimum Gasteiger partial charge on any atom is -0.468 e. The molecule has 0 saturated carbocycles. The first-order chi connectivity index (χ1) is 19.2. The van der Waals surface area contributed by atoms with Crippen molar-refractivity contribution in [1.82, 2.24) is 24.3 Å². The SMILES string of the molecule is COC(=O)Cn1c(-c2ccccc2)ncc(NC(=O)c2nc(-c3ccccc3)n(COCC[Si](C)(C)C)n2)c1=O. The number of aromatic nitrogens is 5. The standard InChI is InChI=1S/C28H32N6O5Si/c1-38-23(35)18-33-25(20-11-7-5-8-12-20)29-17-22(28(33)37)30-27(36)24-31-26(21-13-9-6-10-14-21)34(32-24)19-39-15-16-40(2,3)4/h5-14,17H,15-16,18-19H2,1-4H3,(H,30,36). The number of nitrogens with zero attached hydrogens (tertiary/aromatic N) is 5. The Balaban J connectivity index is 1.62. The Morgan fingerprint density at radius 2 is 1.57 bits per heavy atom. The van der Waals surface area contributed by atoms with Gasteiger partial charge in [0.2, 0.25) is 5.82 Å². The van der Waals surface area contributed by atoms with Crippen molar-refractivity contribution in [2.24, 2.45) is 0 Å². The maximum atomic E-state index is 13.4. The molecule has 2 aromatic heterocycles. The van der Waals surface area contributed by atoms with Gasteiger partial charge in [0.25, 0.3) is 11.5 Å². The first kappa shape index (κ1) is 28.6. The number of carbonyl (C=O) groups excluding carboxylic acids is 2. The molecule has 2 aromatic carbocycles. The lowest BCUT2D eigenvalue weighted by atomic mass is 10.2. The highest BCUT2D eigenvalue weighted by Gasteiger charge is 2.22. The number of methoxy groups -OCH3 is 1. The predicted molar refractivity (Wildman–Crippen MR) is 153 cm³/mol. The molecule has 2 heterocycles. The summed E-state index contributed by atoms with van der Waals surface area (Å²) in [5, 5.41) is 6.93. The highest BCUT2D eigenvalue weighted by atomic mass is 28.3. The van der Waals surface area contributed by atoms with Crippen molar-refractivity contribution in [1.29, 1.82) is 0 Å². The lowest BCUT2D eigenvalue weighted by molar-refractivity contribution is -0.141. The maximum absolute atomic E-state index is 13.4. The van der Waals surface area contributed by atoms with Gasteiger partial charge in [-0.05, 0) is 6.04 Å². The summed E-state index contributed by atoms with van der Waals surface area (Å²) in [7, 11) is -0.0468. The lowest BCUT2D eigenvalue weighted by Crippen LogP contribution is -2.31. The number of anilines is 1. The molecule has 0 spiro atoms. The van der Waals surface area contributed by atoms with E-state index < -0.39 is 25.5 Å². The van der Waals surface area contributed by atoms with Crippen LogP contribution in [0, 0.1) is 0 Å². The van der Waals surface area contributed by atoms with Gasteiger partial charge in [-0.25, -0.2) is 14.6 Å². The Morgan fingerprint density at radius 1 is 0.950 bits per heavy atom. The van der Waals surface area contributed by atoms with Crippen LogP contribution in [0.15, 0.2) is 71.7 Å². The van der Waals surface area contributed by atoms with Crippen molar-refractivity contribution in [3.63, 3.8) is 0 Å². The molecule has 1 N–H and O–H groups in total. The second kappa shape index (κ2) is 12.6. The summed E-state index contributed by atoms with van der Waals surface area (Å²) in [5.41, 5.74) is 0.642. The third-order valence-electron chi connectivity index (χ3n) is 5.96. The van der Waals surface area contributed by atoms with Crippen LogP contribution in [0.3, 0.4) is 0 Å². The lowest BCUT2D eigenvalue weighted by Gasteiger charge is -2.15. The number of hydrogen-bond donors (Lipinski definition) is 1. The predicted octanol–water partition coefficient (Wildman–Crippen LogP) is 3.91. The van der Waals surface area contributed by atoms with E-state index in [1.54, 1.807) is 24.3 Å². The third kappa shape index (κ3) is 7.15. The number of amides is 1. The van der Waals surface area contributed by atoms with Gasteiger partial charge in [0.05, 0.1) is 13.3 Å². The van der Waals surface area contributed by atoms with Gasteiger partial charge in [-0.3, -0.25) is 19.0 Å². The molecule has 0 radical (unpaired) electrons. The van der Waals surface area contributed by atoms with E-state index in [0.717, 1.165) is 16.2 Å². The molecule has 40 heavy (non-hydrogen) atoms. The molecule has 0 aliphatic heterocycles. The summed E-state index contributed by atoms with van der Waals surface area (Å²) in [6.07, 6.45) is 1.25. The average molecular weight is 561 g/mol. The van der Waals surface area contributed by atoms with Crippen LogP contribution >= 0.6 is 0 Å². The van der Waals surface area contributed by atoms with Crippen LogP contribution in [0.1, 0.15) is 10.6 Å². The molecule has 11 nitrogen and oxygen atoms in total. The molecular formula is C28H32N6O5Si. The van der Waals surface area contributed by atoms with Gasteiger partial charge in [0, 0.05) is 25.8 Å². The van der Waals surface area contributed by atoms with Gasteiger partial charge < -0.3 is 14.8 Å². The van der Waals surface area contributed by atoms with Crippen molar-refractivity contribution < 1.29 is 19.1 Å². The van der Waals surface area contributed by atoms with E-state index in [1.165, 1.54) is 18.0 Å². The molecule has 12 heteroatoms. The molecule has 0 fully saturated rings. The zero-order valence-corrected chi connectivity index (χ0v) is 24.0. The molecule has 0 aliphatic carbocycles. The van der Waals surface area contributed by atoms with E-state index in [2.05, 4.69) is 40.0 Å². The van der Waals surface area contributed by atoms with E-state index in [9.17, 15) is 14.4 Å². The molecule has 4 aromatic rings. The van der Waals surface area contributed by atoms with Crippen LogP contribution in [0.4, 0.5) is 5.69 Å². The number of esters is 1. The number of rotatable bonds is 11. The Hall–Kier alpha value is -4.42. The molecule has 0 unspecified atom stereocenters. The van der Waals surface area contributed by atoms with E-state index in [-0.39, 0.29) is 30.6 Å². The first-order valence-corrected chi connectivity index (χ1v) is 16.5. The number of hydrogen-bond acceptors (Lipinski definition) is 8. The fourth-order valence-corrected chi connectivity index (χ4v) is 4.53. The maximum Gasteiger partial charge on any atom is 0.325 e. The largest absolute Gasteiger partial charge is 0.468 e. The smallest absolute Gasteiger partial charge is 0.325 e. The molecule has 0 aliphatic rings. The topological polar surface area (TPSA) is 130 Å². The highest BCUT2D eigenvalue weighted by molar-refractivity contribution is 6.76. The second-order valence-electron chi connectivity index (χ2n) is 10.3. The first-order valence-electron chi connectivity index (χ1n) is 12.8. The number of ether oxygens (including phenoxy) is 2. The van der Waals surface area contributed by atoms with Crippen LogP contribution < -0.4 is 10.9 Å². The summed E-state index contributed by atoms with van der Waals surface area (Å²) >= 11 is 0. The highest BCUT2D eigenvalue weighted by Crippen LogP contribution is 2.19. The number of benzene rings is 2. The Morgan fingerprint density at radius 3 is 2.17 bits per heavy atom. The average Bonchev–Trinajstić information content (AvgIpc) is 3.38. The minimum atomic E-state index is -1.28. The van der Waals surface area contributed by atoms with Crippen molar-refractivity contribution in [3.8, 4) is 22.8 Å². The van der Waals surface area contributed by atoms with Gasteiger partial charge in [-0.1, -0.05) is 80.3 Å². The molecule has 1 amide bonds.